The SMILES string of the molecule is N#Cc1ccc(NC(=O)C2CCCCCCC2)c(Cl)c1. The van der Waals surface area contributed by atoms with E-state index in [-0.39, 0.29) is 11.8 Å². The Hall–Kier alpha value is -1.53. The van der Waals surface area contributed by atoms with Crippen LogP contribution in [0.25, 0.3) is 0 Å². The van der Waals surface area contributed by atoms with Gasteiger partial charge < -0.3 is 5.32 Å². The summed E-state index contributed by atoms with van der Waals surface area (Å²) in [4.78, 5) is 12.3. The average Bonchev–Trinajstić information content (AvgIpc) is 2.40. The highest BCUT2D eigenvalue weighted by molar-refractivity contribution is 6.33. The summed E-state index contributed by atoms with van der Waals surface area (Å²) < 4.78 is 0. The highest BCUT2D eigenvalue weighted by atomic mass is 35.5. The summed E-state index contributed by atoms with van der Waals surface area (Å²) in [6, 6.07) is 6.97. The third-order valence-corrected chi connectivity index (χ3v) is 4.14. The molecule has 1 aliphatic carbocycles. The number of halogens is 1. The molecule has 3 nitrogen and oxygen atoms in total. The second-order valence-corrected chi connectivity index (χ2v) is 5.74. The number of benzene rings is 1. The minimum atomic E-state index is 0.0542. The molecule has 4 heteroatoms. The first-order valence-corrected chi connectivity index (χ1v) is 7.59. The molecule has 1 aromatic carbocycles. The fourth-order valence-electron chi connectivity index (χ4n) is 2.64. The molecule has 1 aliphatic rings. The van der Waals surface area contributed by atoms with Gasteiger partial charge in [0.15, 0.2) is 0 Å². The molecule has 0 spiro atoms. The van der Waals surface area contributed by atoms with E-state index in [1.807, 2.05) is 6.07 Å². The van der Waals surface area contributed by atoms with Crippen LogP contribution in [0.3, 0.4) is 0 Å². The van der Waals surface area contributed by atoms with Crippen LogP contribution in [-0.4, -0.2) is 5.91 Å². The molecule has 0 saturated heterocycles. The van der Waals surface area contributed by atoms with Crippen molar-refractivity contribution in [2.45, 2.75) is 44.9 Å². The summed E-state index contributed by atoms with van der Waals surface area (Å²) in [7, 11) is 0. The van der Waals surface area contributed by atoms with E-state index in [4.69, 9.17) is 16.9 Å². The van der Waals surface area contributed by atoms with Crippen molar-refractivity contribution >= 4 is 23.2 Å². The number of nitriles is 1. The fourth-order valence-corrected chi connectivity index (χ4v) is 2.87. The predicted octanol–water partition coefficient (Wildman–Crippen LogP) is 4.51. The van der Waals surface area contributed by atoms with Crippen LogP contribution in [0.2, 0.25) is 5.02 Å². The lowest BCUT2D eigenvalue weighted by atomic mass is 9.90. The second-order valence-electron chi connectivity index (χ2n) is 5.34. The zero-order valence-corrected chi connectivity index (χ0v) is 12.2. The van der Waals surface area contributed by atoms with Gasteiger partial charge in [-0.1, -0.05) is 43.7 Å². The molecule has 0 aromatic heterocycles. The minimum Gasteiger partial charge on any atom is -0.325 e. The van der Waals surface area contributed by atoms with Crippen molar-refractivity contribution in [1.82, 2.24) is 0 Å². The standard InChI is InChI=1S/C16H19ClN2O/c17-14-10-12(11-18)8-9-15(14)19-16(20)13-6-4-2-1-3-5-7-13/h8-10,13H,1-7H2,(H,19,20). The number of nitrogens with zero attached hydrogens (tertiary/aromatic N) is 1. The van der Waals surface area contributed by atoms with Crippen molar-refractivity contribution in [3.05, 3.63) is 28.8 Å². The summed E-state index contributed by atoms with van der Waals surface area (Å²) in [5.74, 6) is 0.139. The molecule has 1 amide bonds. The van der Waals surface area contributed by atoms with Gasteiger partial charge in [-0.3, -0.25) is 4.79 Å². The van der Waals surface area contributed by atoms with Gasteiger partial charge in [-0.25, -0.2) is 0 Å². The van der Waals surface area contributed by atoms with E-state index in [2.05, 4.69) is 5.32 Å². The lowest BCUT2D eigenvalue weighted by Gasteiger charge is -2.19. The summed E-state index contributed by atoms with van der Waals surface area (Å²) >= 11 is 6.08. The van der Waals surface area contributed by atoms with Gasteiger partial charge in [-0.2, -0.15) is 5.26 Å². The molecule has 0 aliphatic heterocycles. The number of carbonyl (C=O) groups excluding carboxylic acids is 1. The summed E-state index contributed by atoms with van der Waals surface area (Å²) in [5, 5.41) is 12.1. The fraction of sp³-hybridized carbons (Fsp3) is 0.500. The van der Waals surface area contributed by atoms with Gasteiger partial charge in [0.2, 0.25) is 5.91 Å². The molecule has 106 valence electrons. The molecular weight excluding hydrogens is 272 g/mol. The molecule has 20 heavy (non-hydrogen) atoms. The van der Waals surface area contributed by atoms with E-state index < -0.39 is 0 Å². The molecule has 1 saturated carbocycles. The highest BCUT2D eigenvalue weighted by Crippen LogP contribution is 2.26. The van der Waals surface area contributed by atoms with Crippen molar-refractivity contribution in [3.63, 3.8) is 0 Å². The van der Waals surface area contributed by atoms with Crippen LogP contribution in [0.5, 0.6) is 0 Å². The average molecular weight is 291 g/mol. The van der Waals surface area contributed by atoms with Crippen LogP contribution in [0.4, 0.5) is 5.69 Å². The van der Waals surface area contributed by atoms with E-state index in [0.29, 0.717) is 16.3 Å². The zero-order valence-electron chi connectivity index (χ0n) is 11.5. The Morgan fingerprint density at radius 3 is 2.45 bits per heavy atom. The molecule has 2 rings (SSSR count). The topological polar surface area (TPSA) is 52.9 Å². The van der Waals surface area contributed by atoms with E-state index in [0.717, 1.165) is 25.7 Å². The summed E-state index contributed by atoms with van der Waals surface area (Å²) in [5.41, 5.74) is 1.09. The molecule has 0 radical (unpaired) electrons. The van der Waals surface area contributed by atoms with Gasteiger partial charge in [-0.15, -0.1) is 0 Å². The van der Waals surface area contributed by atoms with Crippen LogP contribution in [-0.2, 0) is 4.79 Å². The normalized spacial score (nSPS) is 16.8. The third kappa shape index (κ3) is 3.98. The lowest BCUT2D eigenvalue weighted by molar-refractivity contribution is -0.120. The highest BCUT2D eigenvalue weighted by Gasteiger charge is 2.20. The Morgan fingerprint density at radius 1 is 1.20 bits per heavy atom. The largest absolute Gasteiger partial charge is 0.325 e. The van der Waals surface area contributed by atoms with Crippen LogP contribution < -0.4 is 5.32 Å². The van der Waals surface area contributed by atoms with Crippen molar-refractivity contribution in [2.75, 3.05) is 5.32 Å². The zero-order chi connectivity index (χ0) is 14.4. The van der Waals surface area contributed by atoms with Crippen molar-refractivity contribution in [2.24, 2.45) is 5.92 Å². The molecule has 1 fully saturated rings. The maximum absolute atomic E-state index is 12.3. The van der Waals surface area contributed by atoms with Gasteiger partial charge >= 0.3 is 0 Å². The van der Waals surface area contributed by atoms with Crippen LogP contribution >= 0.6 is 11.6 Å². The summed E-state index contributed by atoms with van der Waals surface area (Å²) in [6.07, 6.45) is 7.90. The molecule has 0 heterocycles. The first-order valence-electron chi connectivity index (χ1n) is 7.21. The van der Waals surface area contributed by atoms with Crippen molar-refractivity contribution in [1.29, 1.82) is 5.26 Å². The molecule has 0 atom stereocenters. The number of carbonyl (C=O) groups is 1. The van der Waals surface area contributed by atoms with Crippen LogP contribution in [0.15, 0.2) is 18.2 Å². The van der Waals surface area contributed by atoms with E-state index in [1.54, 1.807) is 18.2 Å². The Labute approximate surface area is 124 Å². The second kappa shape index (κ2) is 7.31. The van der Waals surface area contributed by atoms with Crippen molar-refractivity contribution < 1.29 is 4.79 Å². The number of rotatable bonds is 2. The molecular formula is C16H19ClN2O. The van der Waals surface area contributed by atoms with Gasteiger partial charge in [-0.05, 0) is 31.0 Å². The summed E-state index contributed by atoms with van der Waals surface area (Å²) in [6.45, 7) is 0. The first-order chi connectivity index (χ1) is 9.70. The van der Waals surface area contributed by atoms with Crippen LogP contribution in [0, 0.1) is 17.2 Å². The number of amides is 1. The smallest absolute Gasteiger partial charge is 0.227 e. The number of hydrogen-bond acceptors (Lipinski definition) is 2. The molecule has 0 bridgehead atoms. The quantitative estimate of drug-likeness (QED) is 0.871. The Bertz CT molecular complexity index is 514. The Kier molecular flexibility index (Phi) is 5.43. The maximum Gasteiger partial charge on any atom is 0.227 e. The monoisotopic (exact) mass is 290 g/mol. The minimum absolute atomic E-state index is 0.0542. The van der Waals surface area contributed by atoms with Crippen LogP contribution in [0.1, 0.15) is 50.5 Å². The first kappa shape index (κ1) is 14.9. The maximum atomic E-state index is 12.3. The van der Waals surface area contributed by atoms with Gasteiger partial charge in [0.25, 0.3) is 0 Å². The number of hydrogen-bond donors (Lipinski definition) is 1. The molecule has 1 N–H and O–H groups in total. The Balaban J connectivity index is 2.01. The molecule has 0 unspecified atom stereocenters. The Morgan fingerprint density at radius 2 is 1.85 bits per heavy atom. The molecule has 1 aromatic rings. The van der Waals surface area contributed by atoms with Gasteiger partial charge in [0.1, 0.15) is 0 Å². The number of anilines is 1. The third-order valence-electron chi connectivity index (χ3n) is 3.83. The van der Waals surface area contributed by atoms with Gasteiger partial charge in [0.05, 0.1) is 22.3 Å². The lowest BCUT2D eigenvalue weighted by Crippen LogP contribution is -2.23. The van der Waals surface area contributed by atoms with E-state index in [1.165, 1.54) is 19.3 Å². The predicted molar refractivity (Wildman–Crippen MR) is 80.6 cm³/mol. The van der Waals surface area contributed by atoms with E-state index >= 15 is 0 Å². The van der Waals surface area contributed by atoms with Gasteiger partial charge in [0, 0.05) is 5.92 Å². The van der Waals surface area contributed by atoms with Crippen molar-refractivity contribution in [3.8, 4) is 6.07 Å². The number of nitrogens with one attached hydrogen (secondary N) is 1. The van der Waals surface area contributed by atoms with E-state index in [9.17, 15) is 4.79 Å².